The first-order valence-corrected chi connectivity index (χ1v) is 7.18. The molecule has 1 saturated carbocycles. The lowest BCUT2D eigenvalue weighted by atomic mass is 10.0. The summed E-state index contributed by atoms with van der Waals surface area (Å²) in [5, 5.41) is 9.39. The standard InChI is InChI=1S/C16H14N2O4/c17-9-11-6-5-10(7-11)8-14(19)22-18-15(20)12-3-1-2-4-13(12)16(18)21/h1-4,10-11H,5-8H2. The zero-order valence-corrected chi connectivity index (χ0v) is 11.8. The van der Waals surface area contributed by atoms with Gasteiger partial charge in [0, 0.05) is 5.92 Å². The van der Waals surface area contributed by atoms with E-state index in [2.05, 4.69) is 6.07 Å². The van der Waals surface area contributed by atoms with Crippen LogP contribution in [0.25, 0.3) is 0 Å². The zero-order chi connectivity index (χ0) is 15.7. The van der Waals surface area contributed by atoms with E-state index in [9.17, 15) is 14.4 Å². The molecular weight excluding hydrogens is 284 g/mol. The van der Waals surface area contributed by atoms with Crippen LogP contribution in [0.1, 0.15) is 46.4 Å². The first-order chi connectivity index (χ1) is 10.6. The Morgan fingerprint density at radius 1 is 1.23 bits per heavy atom. The Morgan fingerprint density at radius 3 is 2.41 bits per heavy atom. The highest BCUT2D eigenvalue weighted by molar-refractivity contribution is 6.20. The van der Waals surface area contributed by atoms with Crippen molar-refractivity contribution in [3.8, 4) is 6.07 Å². The van der Waals surface area contributed by atoms with Crippen molar-refractivity contribution >= 4 is 17.8 Å². The maximum absolute atomic E-state index is 12.1. The van der Waals surface area contributed by atoms with E-state index in [0.717, 1.165) is 12.8 Å². The van der Waals surface area contributed by atoms with E-state index in [1.807, 2.05) is 0 Å². The predicted octanol–water partition coefficient (Wildman–Crippen LogP) is 2.07. The molecule has 0 radical (unpaired) electrons. The van der Waals surface area contributed by atoms with Crippen LogP contribution in [0.5, 0.6) is 0 Å². The Balaban J connectivity index is 1.63. The van der Waals surface area contributed by atoms with Crippen LogP contribution in [-0.4, -0.2) is 22.8 Å². The fourth-order valence-electron chi connectivity index (χ4n) is 3.00. The lowest BCUT2D eigenvalue weighted by Crippen LogP contribution is -2.33. The van der Waals surface area contributed by atoms with Gasteiger partial charge in [-0.1, -0.05) is 17.2 Å². The molecule has 2 unspecified atom stereocenters. The second kappa shape index (κ2) is 5.60. The summed E-state index contributed by atoms with van der Waals surface area (Å²) in [6, 6.07) is 8.54. The molecule has 1 fully saturated rings. The third-order valence-electron chi connectivity index (χ3n) is 4.13. The number of carbonyl (C=O) groups excluding carboxylic acids is 3. The van der Waals surface area contributed by atoms with E-state index in [4.69, 9.17) is 10.1 Å². The number of amides is 2. The second-order valence-corrected chi connectivity index (χ2v) is 5.62. The maximum atomic E-state index is 12.1. The molecule has 3 rings (SSSR count). The highest BCUT2D eigenvalue weighted by atomic mass is 16.7. The Kier molecular flexibility index (Phi) is 3.63. The van der Waals surface area contributed by atoms with Gasteiger partial charge in [0.2, 0.25) is 0 Å². The van der Waals surface area contributed by atoms with E-state index >= 15 is 0 Å². The van der Waals surface area contributed by atoms with Crippen molar-refractivity contribution in [2.24, 2.45) is 11.8 Å². The lowest BCUT2D eigenvalue weighted by Gasteiger charge is -2.14. The monoisotopic (exact) mass is 298 g/mol. The number of nitriles is 1. The number of nitrogens with zero attached hydrogens (tertiary/aromatic N) is 2. The molecule has 1 aliphatic heterocycles. The highest BCUT2D eigenvalue weighted by Gasteiger charge is 2.39. The molecular formula is C16H14N2O4. The summed E-state index contributed by atoms with van der Waals surface area (Å²) in [7, 11) is 0. The molecule has 1 aromatic rings. The number of fused-ring (bicyclic) bond motifs is 1. The Morgan fingerprint density at radius 2 is 1.86 bits per heavy atom. The normalized spacial score (nSPS) is 23.3. The van der Waals surface area contributed by atoms with Gasteiger partial charge in [-0.25, -0.2) is 4.79 Å². The van der Waals surface area contributed by atoms with Gasteiger partial charge in [0.05, 0.1) is 23.6 Å². The fraction of sp³-hybridized carbons (Fsp3) is 0.375. The molecule has 1 aromatic carbocycles. The van der Waals surface area contributed by atoms with Gasteiger partial charge in [-0.15, -0.1) is 0 Å². The van der Waals surface area contributed by atoms with Gasteiger partial charge in [-0.3, -0.25) is 9.59 Å². The van der Waals surface area contributed by atoms with Gasteiger partial charge in [-0.2, -0.15) is 5.26 Å². The third kappa shape index (κ3) is 2.46. The average molecular weight is 298 g/mol. The first kappa shape index (κ1) is 14.3. The van der Waals surface area contributed by atoms with Crippen LogP contribution in [0.15, 0.2) is 24.3 Å². The minimum atomic E-state index is -0.615. The van der Waals surface area contributed by atoms with Gasteiger partial charge in [0.15, 0.2) is 0 Å². The van der Waals surface area contributed by atoms with Crippen molar-refractivity contribution in [3.05, 3.63) is 35.4 Å². The van der Waals surface area contributed by atoms with Crippen LogP contribution >= 0.6 is 0 Å². The van der Waals surface area contributed by atoms with Crippen molar-refractivity contribution in [1.82, 2.24) is 5.06 Å². The number of imide groups is 1. The Labute approximate surface area is 127 Å². The van der Waals surface area contributed by atoms with Crippen LogP contribution in [0.3, 0.4) is 0 Å². The molecule has 2 amide bonds. The molecule has 0 saturated heterocycles. The number of hydrogen-bond donors (Lipinski definition) is 0. The van der Waals surface area contributed by atoms with Crippen LogP contribution in [0.4, 0.5) is 0 Å². The minimum absolute atomic E-state index is 0.0166. The van der Waals surface area contributed by atoms with Crippen molar-refractivity contribution in [1.29, 1.82) is 5.26 Å². The molecule has 2 aliphatic rings. The van der Waals surface area contributed by atoms with Gasteiger partial charge in [-0.05, 0) is 37.3 Å². The topological polar surface area (TPSA) is 87.5 Å². The first-order valence-electron chi connectivity index (χ1n) is 7.18. The van der Waals surface area contributed by atoms with Gasteiger partial charge in [0.1, 0.15) is 0 Å². The molecule has 0 N–H and O–H groups in total. The fourth-order valence-corrected chi connectivity index (χ4v) is 3.00. The van der Waals surface area contributed by atoms with E-state index in [-0.39, 0.29) is 29.4 Å². The number of rotatable bonds is 3. The Bertz CT molecular complexity index is 657. The lowest BCUT2D eigenvalue weighted by molar-refractivity contribution is -0.169. The number of hydrogen-bond acceptors (Lipinski definition) is 5. The summed E-state index contributed by atoms with van der Waals surface area (Å²) in [4.78, 5) is 41.0. The summed E-state index contributed by atoms with van der Waals surface area (Å²) in [5.74, 6) is -1.78. The molecule has 2 atom stereocenters. The van der Waals surface area contributed by atoms with Crippen molar-refractivity contribution in [3.63, 3.8) is 0 Å². The molecule has 0 bridgehead atoms. The van der Waals surface area contributed by atoms with Gasteiger partial charge in [0.25, 0.3) is 11.8 Å². The van der Waals surface area contributed by atoms with Crippen molar-refractivity contribution in [2.75, 3.05) is 0 Å². The molecule has 112 valence electrons. The number of benzene rings is 1. The highest BCUT2D eigenvalue weighted by Crippen LogP contribution is 2.33. The summed E-state index contributed by atoms with van der Waals surface area (Å²) in [6.07, 6.45) is 2.34. The number of hydroxylamine groups is 2. The summed E-state index contributed by atoms with van der Waals surface area (Å²) in [5.41, 5.74) is 0.483. The van der Waals surface area contributed by atoms with Crippen LogP contribution < -0.4 is 0 Å². The minimum Gasteiger partial charge on any atom is -0.330 e. The Hall–Kier alpha value is -2.68. The molecule has 0 spiro atoms. The summed E-state index contributed by atoms with van der Waals surface area (Å²) < 4.78 is 0. The molecule has 22 heavy (non-hydrogen) atoms. The van der Waals surface area contributed by atoms with E-state index in [1.165, 1.54) is 12.1 Å². The molecule has 1 heterocycles. The maximum Gasteiger partial charge on any atom is 0.333 e. The summed E-state index contributed by atoms with van der Waals surface area (Å²) >= 11 is 0. The average Bonchev–Trinajstić information content (AvgIpc) is 3.06. The van der Waals surface area contributed by atoms with E-state index < -0.39 is 17.8 Å². The number of carbonyl (C=O) groups is 3. The van der Waals surface area contributed by atoms with Crippen molar-refractivity contribution in [2.45, 2.75) is 25.7 Å². The van der Waals surface area contributed by atoms with Gasteiger partial charge >= 0.3 is 5.97 Å². The zero-order valence-electron chi connectivity index (χ0n) is 11.8. The second-order valence-electron chi connectivity index (χ2n) is 5.62. The summed E-state index contributed by atoms with van der Waals surface area (Å²) in [6.45, 7) is 0. The van der Waals surface area contributed by atoms with Gasteiger partial charge < -0.3 is 4.84 Å². The van der Waals surface area contributed by atoms with Crippen LogP contribution in [-0.2, 0) is 9.63 Å². The quantitative estimate of drug-likeness (QED) is 0.797. The van der Waals surface area contributed by atoms with Crippen LogP contribution in [0.2, 0.25) is 0 Å². The molecule has 6 nitrogen and oxygen atoms in total. The SMILES string of the molecule is N#CC1CCC(CC(=O)ON2C(=O)c3ccccc3C2=O)C1. The predicted molar refractivity (Wildman–Crippen MR) is 74.1 cm³/mol. The van der Waals surface area contributed by atoms with E-state index in [1.54, 1.807) is 12.1 Å². The van der Waals surface area contributed by atoms with Crippen LogP contribution in [0, 0.1) is 23.2 Å². The third-order valence-corrected chi connectivity index (χ3v) is 4.13. The molecule has 1 aliphatic carbocycles. The molecule has 6 heteroatoms. The smallest absolute Gasteiger partial charge is 0.330 e. The van der Waals surface area contributed by atoms with E-state index in [0.29, 0.717) is 11.5 Å². The largest absolute Gasteiger partial charge is 0.333 e. The molecule has 0 aromatic heterocycles. The van der Waals surface area contributed by atoms with Crippen molar-refractivity contribution < 1.29 is 19.2 Å².